The molecule has 0 aromatic carbocycles. The molecule has 1 aliphatic carbocycles. The van der Waals surface area contributed by atoms with Crippen molar-refractivity contribution in [1.29, 1.82) is 0 Å². The zero-order valence-corrected chi connectivity index (χ0v) is 12.6. The third-order valence-corrected chi connectivity index (χ3v) is 4.90. The van der Waals surface area contributed by atoms with E-state index in [2.05, 4.69) is 4.98 Å². The Labute approximate surface area is 123 Å². The number of thiazole rings is 1. The lowest BCUT2D eigenvalue weighted by atomic mass is 10.1. The molecule has 1 aromatic rings. The van der Waals surface area contributed by atoms with Gasteiger partial charge in [0, 0.05) is 30.5 Å². The number of hydrogen-bond donors (Lipinski definition) is 1. The minimum atomic E-state index is -0.112. The van der Waals surface area contributed by atoms with E-state index in [1.165, 1.54) is 11.3 Å². The Morgan fingerprint density at radius 2 is 2.40 bits per heavy atom. The van der Waals surface area contributed by atoms with E-state index in [9.17, 15) is 4.79 Å². The largest absolute Gasteiger partial charge is 0.381 e. The Morgan fingerprint density at radius 3 is 2.95 bits per heavy atom. The van der Waals surface area contributed by atoms with Crippen LogP contribution in [-0.4, -0.2) is 41.6 Å². The van der Waals surface area contributed by atoms with Crippen molar-refractivity contribution in [3.8, 4) is 0 Å². The molecule has 0 bridgehead atoms. The summed E-state index contributed by atoms with van der Waals surface area (Å²) in [5.74, 6) is 0.536. The van der Waals surface area contributed by atoms with Gasteiger partial charge >= 0.3 is 0 Å². The molecule has 0 radical (unpaired) electrons. The minimum Gasteiger partial charge on any atom is -0.381 e. The molecule has 2 atom stereocenters. The first-order valence-electron chi connectivity index (χ1n) is 7.25. The third-order valence-electron chi connectivity index (χ3n) is 3.86. The van der Waals surface area contributed by atoms with Crippen molar-refractivity contribution in [3.05, 3.63) is 16.1 Å². The van der Waals surface area contributed by atoms with Crippen LogP contribution in [0.15, 0.2) is 5.38 Å². The number of hydrogen-bond acceptors (Lipinski definition) is 5. The topological polar surface area (TPSA) is 68.5 Å². The van der Waals surface area contributed by atoms with Gasteiger partial charge in [-0.3, -0.25) is 4.79 Å². The number of aromatic nitrogens is 1. The summed E-state index contributed by atoms with van der Waals surface area (Å²) in [4.78, 5) is 19.0. The van der Waals surface area contributed by atoms with Crippen molar-refractivity contribution in [2.45, 2.75) is 38.3 Å². The van der Waals surface area contributed by atoms with E-state index in [0.29, 0.717) is 17.7 Å². The Bertz CT molecular complexity index is 479. The fraction of sp³-hybridized carbons (Fsp3) is 0.714. The van der Waals surface area contributed by atoms with Crippen LogP contribution >= 0.6 is 11.3 Å². The lowest BCUT2D eigenvalue weighted by molar-refractivity contribution is 0.0701. The van der Waals surface area contributed by atoms with E-state index in [1.807, 2.05) is 17.2 Å². The summed E-state index contributed by atoms with van der Waals surface area (Å²) >= 11 is 1.47. The second-order valence-electron chi connectivity index (χ2n) is 5.78. The van der Waals surface area contributed by atoms with Gasteiger partial charge in [-0.2, -0.15) is 0 Å². The molecule has 2 aliphatic rings. The summed E-state index contributed by atoms with van der Waals surface area (Å²) in [6, 6.07) is 0.294. The van der Waals surface area contributed by atoms with E-state index in [4.69, 9.17) is 10.5 Å². The second-order valence-corrected chi connectivity index (χ2v) is 6.67. The molecule has 3 rings (SSSR count). The van der Waals surface area contributed by atoms with Crippen LogP contribution in [0.25, 0.3) is 0 Å². The highest BCUT2D eigenvalue weighted by molar-refractivity contribution is 7.09. The van der Waals surface area contributed by atoms with E-state index in [-0.39, 0.29) is 11.9 Å². The molecule has 1 aliphatic heterocycles. The summed E-state index contributed by atoms with van der Waals surface area (Å²) in [5, 5.41) is 2.66. The molecule has 1 amide bonds. The highest BCUT2D eigenvalue weighted by atomic mass is 32.1. The molecular formula is C14H21N3O2S. The van der Waals surface area contributed by atoms with Crippen LogP contribution in [0.1, 0.15) is 47.7 Å². The van der Waals surface area contributed by atoms with Crippen LogP contribution in [0.2, 0.25) is 0 Å². The van der Waals surface area contributed by atoms with E-state index < -0.39 is 0 Å². The fourth-order valence-electron chi connectivity index (χ4n) is 2.53. The molecule has 110 valence electrons. The SMILES string of the molecule is CC(N)c1nc(C(=O)N(CC2CCOC2)C2CC2)cs1. The fourth-order valence-corrected chi connectivity index (χ4v) is 3.28. The Kier molecular flexibility index (Phi) is 4.05. The zero-order chi connectivity index (χ0) is 14.1. The van der Waals surface area contributed by atoms with Gasteiger partial charge in [0.2, 0.25) is 0 Å². The highest BCUT2D eigenvalue weighted by Crippen LogP contribution is 2.30. The van der Waals surface area contributed by atoms with Crippen LogP contribution in [0.4, 0.5) is 0 Å². The van der Waals surface area contributed by atoms with Gasteiger partial charge in [0.15, 0.2) is 0 Å². The first-order valence-corrected chi connectivity index (χ1v) is 8.13. The van der Waals surface area contributed by atoms with Gasteiger partial charge in [0.05, 0.1) is 12.6 Å². The molecule has 2 N–H and O–H groups in total. The second kappa shape index (κ2) is 5.79. The van der Waals surface area contributed by atoms with Gasteiger partial charge in [0.1, 0.15) is 10.7 Å². The number of rotatable bonds is 5. The maximum absolute atomic E-state index is 12.6. The first kappa shape index (κ1) is 14.0. The van der Waals surface area contributed by atoms with Crippen molar-refractivity contribution in [2.24, 2.45) is 11.7 Å². The monoisotopic (exact) mass is 295 g/mol. The summed E-state index contributed by atoms with van der Waals surface area (Å²) in [6.07, 6.45) is 3.28. The van der Waals surface area contributed by atoms with Gasteiger partial charge in [0.25, 0.3) is 5.91 Å². The average Bonchev–Trinajstić information content (AvgIpc) is 2.95. The summed E-state index contributed by atoms with van der Waals surface area (Å²) < 4.78 is 5.41. The maximum Gasteiger partial charge on any atom is 0.273 e. The Balaban J connectivity index is 1.70. The summed E-state index contributed by atoms with van der Waals surface area (Å²) in [5.41, 5.74) is 6.36. The molecule has 20 heavy (non-hydrogen) atoms. The van der Waals surface area contributed by atoms with Gasteiger partial charge in [-0.1, -0.05) is 0 Å². The smallest absolute Gasteiger partial charge is 0.273 e. The molecule has 1 saturated carbocycles. The van der Waals surface area contributed by atoms with Crippen LogP contribution in [0, 0.1) is 5.92 Å². The van der Waals surface area contributed by atoms with E-state index >= 15 is 0 Å². The highest BCUT2D eigenvalue weighted by Gasteiger charge is 2.36. The standard InChI is InChI=1S/C14H21N3O2S/c1-9(15)13-16-12(8-20-13)14(18)17(11-2-3-11)6-10-4-5-19-7-10/h8-11H,2-7,15H2,1H3. The molecule has 2 fully saturated rings. The average molecular weight is 295 g/mol. The summed E-state index contributed by atoms with van der Waals surface area (Å²) in [7, 11) is 0. The number of carbonyl (C=O) groups excluding carboxylic acids is 1. The quantitative estimate of drug-likeness (QED) is 0.899. The Hall–Kier alpha value is -0.980. The summed E-state index contributed by atoms with van der Waals surface area (Å²) in [6.45, 7) is 4.29. The van der Waals surface area contributed by atoms with Crippen molar-refractivity contribution < 1.29 is 9.53 Å². The number of carbonyl (C=O) groups is 1. The van der Waals surface area contributed by atoms with Gasteiger partial charge in [-0.05, 0) is 26.2 Å². The zero-order valence-electron chi connectivity index (χ0n) is 11.7. The van der Waals surface area contributed by atoms with Crippen molar-refractivity contribution in [2.75, 3.05) is 19.8 Å². The molecular weight excluding hydrogens is 274 g/mol. The van der Waals surface area contributed by atoms with Gasteiger partial charge in [-0.25, -0.2) is 4.98 Å². The number of ether oxygens (including phenoxy) is 1. The molecule has 5 nitrogen and oxygen atoms in total. The molecule has 2 heterocycles. The lowest BCUT2D eigenvalue weighted by Crippen LogP contribution is -2.37. The molecule has 0 spiro atoms. The van der Waals surface area contributed by atoms with Crippen molar-refractivity contribution >= 4 is 17.2 Å². The van der Waals surface area contributed by atoms with Crippen molar-refractivity contribution in [1.82, 2.24) is 9.88 Å². The third kappa shape index (κ3) is 3.02. The normalized spacial score (nSPS) is 23.8. The van der Waals surface area contributed by atoms with Gasteiger partial charge < -0.3 is 15.4 Å². The van der Waals surface area contributed by atoms with E-state index in [0.717, 1.165) is 44.0 Å². The Morgan fingerprint density at radius 1 is 1.60 bits per heavy atom. The van der Waals surface area contributed by atoms with Crippen LogP contribution < -0.4 is 5.73 Å². The number of amides is 1. The first-order chi connectivity index (χ1) is 9.65. The van der Waals surface area contributed by atoms with Crippen molar-refractivity contribution in [3.63, 3.8) is 0 Å². The van der Waals surface area contributed by atoms with Crippen LogP contribution in [0.5, 0.6) is 0 Å². The molecule has 6 heteroatoms. The lowest BCUT2D eigenvalue weighted by Gasteiger charge is -2.24. The molecule has 2 unspecified atom stereocenters. The maximum atomic E-state index is 12.6. The predicted octanol–water partition coefficient (Wildman–Crippen LogP) is 1.80. The molecule has 1 aromatic heterocycles. The number of nitrogens with zero attached hydrogens (tertiary/aromatic N) is 2. The van der Waals surface area contributed by atoms with E-state index in [1.54, 1.807) is 0 Å². The number of nitrogens with two attached hydrogens (primary N) is 1. The van der Waals surface area contributed by atoms with Crippen LogP contribution in [0.3, 0.4) is 0 Å². The predicted molar refractivity (Wildman–Crippen MR) is 77.7 cm³/mol. The van der Waals surface area contributed by atoms with Crippen LogP contribution in [-0.2, 0) is 4.74 Å². The van der Waals surface area contributed by atoms with Gasteiger partial charge in [-0.15, -0.1) is 11.3 Å². The minimum absolute atomic E-state index is 0.0579. The molecule has 1 saturated heterocycles.